The summed E-state index contributed by atoms with van der Waals surface area (Å²) in [6.45, 7) is 2.08. The molecule has 3 aromatic heterocycles. The minimum atomic E-state index is -0.118. The van der Waals surface area contributed by atoms with Gasteiger partial charge in [-0.3, -0.25) is 15.3 Å². The van der Waals surface area contributed by atoms with E-state index in [9.17, 15) is 4.79 Å². The first kappa shape index (κ1) is 23.1. The van der Waals surface area contributed by atoms with E-state index < -0.39 is 0 Å². The van der Waals surface area contributed by atoms with Crippen molar-refractivity contribution < 1.29 is 4.42 Å². The Morgan fingerprint density at radius 2 is 1.82 bits per heavy atom. The summed E-state index contributed by atoms with van der Waals surface area (Å²) in [5.41, 5.74) is 10.7. The van der Waals surface area contributed by atoms with Gasteiger partial charge in [-0.2, -0.15) is 5.10 Å². The Morgan fingerprint density at radius 1 is 1.03 bits per heavy atom. The van der Waals surface area contributed by atoms with Crippen LogP contribution in [0.3, 0.4) is 0 Å². The number of aromatic amines is 1. The molecule has 0 spiro atoms. The van der Waals surface area contributed by atoms with Crippen molar-refractivity contribution in [1.29, 1.82) is 5.41 Å². The van der Waals surface area contributed by atoms with E-state index in [-0.39, 0.29) is 23.5 Å². The monoisotopic (exact) mass is 501 g/mol. The molecular weight excluding hydrogens is 478 g/mol. The Hall–Kier alpha value is -5.31. The number of nitrogens with two attached hydrogens (primary N) is 1. The highest BCUT2D eigenvalue weighted by atomic mass is 16.3. The van der Waals surface area contributed by atoms with E-state index in [4.69, 9.17) is 15.6 Å². The molecule has 9 nitrogen and oxygen atoms in total. The van der Waals surface area contributed by atoms with Gasteiger partial charge in [0.25, 0.3) is 0 Å². The van der Waals surface area contributed by atoms with Crippen LogP contribution in [0.2, 0.25) is 0 Å². The molecule has 6 rings (SSSR count). The number of hydrogen-bond donors (Lipinski definition) is 4. The molecular formula is C29H23N7O2. The van der Waals surface area contributed by atoms with E-state index in [2.05, 4.69) is 25.5 Å². The number of aromatic nitrogens is 4. The zero-order valence-electron chi connectivity index (χ0n) is 20.4. The van der Waals surface area contributed by atoms with Crippen molar-refractivity contribution in [2.24, 2.45) is 0 Å². The smallest absolute Gasteiger partial charge is 0.200 e. The molecule has 0 aliphatic rings. The molecule has 9 heteroatoms. The number of fused-ring (bicyclic) bond motifs is 2. The zero-order valence-corrected chi connectivity index (χ0v) is 20.4. The van der Waals surface area contributed by atoms with Gasteiger partial charge in [0.2, 0.25) is 5.43 Å². The van der Waals surface area contributed by atoms with Gasteiger partial charge in [0.05, 0.1) is 34.3 Å². The summed E-state index contributed by atoms with van der Waals surface area (Å²) in [7, 11) is 0. The van der Waals surface area contributed by atoms with Gasteiger partial charge in [-0.05, 0) is 30.7 Å². The van der Waals surface area contributed by atoms with E-state index in [1.165, 1.54) is 6.33 Å². The molecule has 0 atom stereocenters. The standard InChI is InChI=1S/C29H23N7O2/c1-16-19-12-11-18(13-21(19)36-35-16)26(30)25-28(31)33-15-34-29(25)32-14-23-24(17-7-3-2-4-8-17)27(37)20-9-5-6-10-22(20)38-23/h2-13,15,30H,14H2,1H3,(H,35,36)(H3,31,32,33,34). The zero-order chi connectivity index (χ0) is 26.2. The topological polar surface area (TPSA) is 147 Å². The maximum absolute atomic E-state index is 13.5. The minimum absolute atomic E-state index is 0.118. The van der Waals surface area contributed by atoms with Gasteiger partial charge >= 0.3 is 0 Å². The normalized spacial score (nSPS) is 11.2. The molecule has 38 heavy (non-hydrogen) atoms. The first-order chi connectivity index (χ1) is 18.5. The molecule has 0 unspecified atom stereocenters. The number of anilines is 2. The van der Waals surface area contributed by atoms with Crippen molar-refractivity contribution in [2.75, 3.05) is 11.1 Å². The number of aryl methyl sites for hydroxylation is 1. The second kappa shape index (κ2) is 9.29. The maximum Gasteiger partial charge on any atom is 0.200 e. The number of benzene rings is 3. The lowest BCUT2D eigenvalue weighted by Gasteiger charge is -2.15. The highest BCUT2D eigenvalue weighted by molar-refractivity contribution is 6.17. The number of rotatable bonds is 6. The fraction of sp³-hybridized carbons (Fsp3) is 0.0690. The summed E-state index contributed by atoms with van der Waals surface area (Å²) < 4.78 is 6.21. The van der Waals surface area contributed by atoms with Crippen molar-refractivity contribution in [3.63, 3.8) is 0 Å². The number of nitrogens with zero attached hydrogens (tertiary/aromatic N) is 3. The second-order valence-electron chi connectivity index (χ2n) is 8.88. The van der Waals surface area contributed by atoms with Gasteiger partial charge in [-0.1, -0.05) is 54.6 Å². The lowest BCUT2D eigenvalue weighted by Crippen LogP contribution is -2.16. The first-order valence-corrected chi connectivity index (χ1v) is 12.0. The van der Waals surface area contributed by atoms with Crippen LogP contribution in [0.25, 0.3) is 33.0 Å². The van der Waals surface area contributed by atoms with Crippen LogP contribution in [0.5, 0.6) is 0 Å². The molecule has 186 valence electrons. The Bertz CT molecular complexity index is 1890. The lowest BCUT2D eigenvalue weighted by atomic mass is 10.0. The summed E-state index contributed by atoms with van der Waals surface area (Å²) in [5.74, 6) is 0.965. The molecule has 5 N–H and O–H groups in total. The molecule has 0 aliphatic heterocycles. The SMILES string of the molecule is Cc1[nH]nc2cc(C(=N)c3c(N)ncnc3NCc3oc4ccccc4c(=O)c3-c3ccccc3)ccc12. The van der Waals surface area contributed by atoms with E-state index in [0.29, 0.717) is 39.2 Å². The van der Waals surface area contributed by atoms with Crippen LogP contribution in [0.4, 0.5) is 11.6 Å². The molecule has 6 aromatic rings. The van der Waals surface area contributed by atoms with Crippen molar-refractivity contribution >= 4 is 39.2 Å². The van der Waals surface area contributed by atoms with Crippen LogP contribution in [0.15, 0.2) is 88.3 Å². The van der Waals surface area contributed by atoms with Crippen molar-refractivity contribution in [2.45, 2.75) is 13.5 Å². The van der Waals surface area contributed by atoms with Gasteiger partial charge in [0.15, 0.2) is 0 Å². The van der Waals surface area contributed by atoms with E-state index in [0.717, 1.165) is 22.2 Å². The number of nitrogen functional groups attached to an aromatic ring is 1. The van der Waals surface area contributed by atoms with E-state index >= 15 is 0 Å². The van der Waals surface area contributed by atoms with E-state index in [1.54, 1.807) is 12.1 Å². The lowest BCUT2D eigenvalue weighted by molar-refractivity contribution is 0.548. The summed E-state index contributed by atoms with van der Waals surface area (Å²) in [5, 5.41) is 20.9. The number of nitrogens with one attached hydrogen (secondary N) is 3. The van der Waals surface area contributed by atoms with Crippen molar-refractivity contribution in [3.05, 3.63) is 112 Å². The predicted octanol–water partition coefficient (Wildman–Crippen LogP) is 5.05. The Labute approximate surface area is 216 Å². The molecule has 0 bridgehead atoms. The molecule has 3 heterocycles. The number of hydrogen-bond acceptors (Lipinski definition) is 8. The van der Waals surface area contributed by atoms with Crippen molar-refractivity contribution in [1.82, 2.24) is 20.2 Å². The van der Waals surface area contributed by atoms with Crippen LogP contribution in [-0.2, 0) is 6.54 Å². The average Bonchev–Trinajstić information content (AvgIpc) is 3.32. The van der Waals surface area contributed by atoms with Crippen LogP contribution in [0, 0.1) is 12.3 Å². The largest absolute Gasteiger partial charge is 0.458 e. The van der Waals surface area contributed by atoms with Gasteiger partial charge in [-0.25, -0.2) is 9.97 Å². The highest BCUT2D eigenvalue weighted by Crippen LogP contribution is 2.28. The van der Waals surface area contributed by atoms with Crippen LogP contribution in [-0.4, -0.2) is 25.9 Å². The average molecular weight is 502 g/mol. The van der Waals surface area contributed by atoms with Crippen molar-refractivity contribution in [3.8, 4) is 11.1 Å². The molecule has 0 saturated heterocycles. The summed E-state index contributed by atoms with van der Waals surface area (Å²) in [4.78, 5) is 22.0. The molecule has 0 aliphatic carbocycles. The highest BCUT2D eigenvalue weighted by Gasteiger charge is 2.20. The molecule has 0 amide bonds. The summed E-state index contributed by atoms with van der Waals surface area (Å²) in [6.07, 6.45) is 1.34. The van der Waals surface area contributed by atoms with Crippen LogP contribution < -0.4 is 16.5 Å². The van der Waals surface area contributed by atoms with Gasteiger partial charge < -0.3 is 15.5 Å². The van der Waals surface area contributed by atoms with Gasteiger partial charge in [-0.15, -0.1) is 0 Å². The first-order valence-electron chi connectivity index (χ1n) is 12.0. The Balaban J connectivity index is 1.40. The second-order valence-corrected chi connectivity index (χ2v) is 8.88. The number of H-pyrrole nitrogens is 1. The number of para-hydroxylation sites is 1. The van der Waals surface area contributed by atoms with Crippen LogP contribution >= 0.6 is 0 Å². The predicted molar refractivity (Wildman–Crippen MR) is 148 cm³/mol. The third-order valence-electron chi connectivity index (χ3n) is 6.51. The minimum Gasteiger partial charge on any atom is -0.458 e. The Morgan fingerprint density at radius 3 is 2.66 bits per heavy atom. The van der Waals surface area contributed by atoms with Crippen LogP contribution in [0.1, 0.15) is 22.6 Å². The van der Waals surface area contributed by atoms with E-state index in [1.807, 2.05) is 67.6 Å². The van der Waals surface area contributed by atoms with Gasteiger partial charge in [0, 0.05) is 16.6 Å². The fourth-order valence-electron chi connectivity index (χ4n) is 4.60. The van der Waals surface area contributed by atoms with Gasteiger partial charge in [0.1, 0.15) is 29.3 Å². The molecule has 0 radical (unpaired) electrons. The third-order valence-corrected chi connectivity index (χ3v) is 6.51. The Kier molecular flexibility index (Phi) is 5.65. The summed E-state index contributed by atoms with van der Waals surface area (Å²) >= 11 is 0. The fourth-order valence-corrected chi connectivity index (χ4v) is 4.60. The maximum atomic E-state index is 13.5. The molecule has 3 aromatic carbocycles. The quantitative estimate of drug-likeness (QED) is 0.234. The molecule has 0 fully saturated rings. The summed E-state index contributed by atoms with van der Waals surface area (Å²) in [6, 6.07) is 22.2. The third kappa shape index (κ3) is 3.96. The molecule has 0 saturated carbocycles.